The predicted octanol–water partition coefficient (Wildman–Crippen LogP) is 3.43. The van der Waals surface area contributed by atoms with E-state index in [1.807, 2.05) is 32.0 Å². The summed E-state index contributed by atoms with van der Waals surface area (Å²) in [5, 5.41) is 10.7. The monoisotopic (exact) mass is 285 g/mol. The number of hydrogen-bond donors (Lipinski definition) is 1. The van der Waals surface area contributed by atoms with E-state index in [2.05, 4.69) is 0 Å². The fraction of sp³-hybridized carbons (Fsp3) is 0.133. The van der Waals surface area contributed by atoms with Crippen LogP contribution in [-0.2, 0) is 0 Å². The number of primary amides is 1. The number of aryl methyl sites for hydroxylation is 2. The van der Waals surface area contributed by atoms with Crippen LogP contribution in [0.3, 0.4) is 0 Å². The Morgan fingerprint density at radius 3 is 2.05 bits per heavy atom. The van der Waals surface area contributed by atoms with E-state index in [0.29, 0.717) is 11.4 Å². The van der Waals surface area contributed by atoms with Crippen LogP contribution in [0.15, 0.2) is 42.5 Å². The van der Waals surface area contributed by atoms with Crippen molar-refractivity contribution in [3.05, 3.63) is 63.7 Å². The average molecular weight is 285 g/mol. The van der Waals surface area contributed by atoms with Gasteiger partial charge >= 0.3 is 6.03 Å². The molecule has 0 bridgehead atoms. The van der Waals surface area contributed by atoms with Crippen molar-refractivity contribution >= 4 is 23.1 Å². The van der Waals surface area contributed by atoms with Crippen LogP contribution in [0.25, 0.3) is 0 Å². The van der Waals surface area contributed by atoms with Crippen LogP contribution in [0.4, 0.5) is 21.9 Å². The van der Waals surface area contributed by atoms with Crippen LogP contribution in [0.1, 0.15) is 11.1 Å². The minimum atomic E-state index is -0.638. The van der Waals surface area contributed by atoms with E-state index in [-0.39, 0.29) is 5.69 Å². The summed E-state index contributed by atoms with van der Waals surface area (Å²) < 4.78 is 0. The zero-order valence-corrected chi connectivity index (χ0v) is 11.7. The van der Waals surface area contributed by atoms with Crippen molar-refractivity contribution in [2.24, 2.45) is 5.73 Å². The number of nitrogens with two attached hydrogens (primary N) is 1. The molecule has 0 aliphatic carbocycles. The number of nitro benzene ring substituents is 1. The van der Waals surface area contributed by atoms with E-state index in [9.17, 15) is 14.9 Å². The molecule has 21 heavy (non-hydrogen) atoms. The van der Waals surface area contributed by atoms with E-state index in [4.69, 9.17) is 5.73 Å². The molecular weight excluding hydrogens is 270 g/mol. The van der Waals surface area contributed by atoms with E-state index in [1.54, 1.807) is 0 Å². The Morgan fingerprint density at radius 2 is 1.62 bits per heavy atom. The first-order valence-corrected chi connectivity index (χ1v) is 6.32. The van der Waals surface area contributed by atoms with Crippen LogP contribution < -0.4 is 10.6 Å². The Labute approximate surface area is 121 Å². The van der Waals surface area contributed by atoms with Gasteiger partial charge in [-0.05, 0) is 37.1 Å². The van der Waals surface area contributed by atoms with Crippen LogP contribution >= 0.6 is 0 Å². The van der Waals surface area contributed by atoms with E-state index in [0.717, 1.165) is 11.1 Å². The van der Waals surface area contributed by atoms with Gasteiger partial charge in [-0.25, -0.2) is 4.79 Å². The topological polar surface area (TPSA) is 89.5 Å². The first-order chi connectivity index (χ1) is 9.91. The minimum absolute atomic E-state index is 0.0373. The molecule has 0 saturated carbocycles. The molecule has 6 nitrogen and oxygen atoms in total. The number of benzene rings is 2. The number of rotatable bonds is 3. The second-order valence-electron chi connectivity index (χ2n) is 4.69. The predicted molar refractivity (Wildman–Crippen MR) is 80.7 cm³/mol. The third kappa shape index (κ3) is 2.84. The molecule has 0 aliphatic rings. The molecule has 6 heteroatoms. The first-order valence-electron chi connectivity index (χ1n) is 6.32. The van der Waals surface area contributed by atoms with Crippen LogP contribution in [-0.4, -0.2) is 11.0 Å². The number of carbonyl (C=O) groups is 1. The zero-order valence-electron chi connectivity index (χ0n) is 11.7. The highest BCUT2D eigenvalue weighted by Crippen LogP contribution is 2.32. The van der Waals surface area contributed by atoms with Gasteiger partial charge in [-0.3, -0.25) is 15.0 Å². The van der Waals surface area contributed by atoms with Gasteiger partial charge in [0.15, 0.2) is 0 Å². The highest BCUT2D eigenvalue weighted by molar-refractivity contribution is 6.00. The number of anilines is 2. The van der Waals surface area contributed by atoms with Gasteiger partial charge in [-0.2, -0.15) is 0 Å². The lowest BCUT2D eigenvalue weighted by atomic mass is 10.1. The zero-order chi connectivity index (χ0) is 15.6. The lowest BCUT2D eigenvalue weighted by Gasteiger charge is -2.24. The van der Waals surface area contributed by atoms with Gasteiger partial charge in [0.2, 0.25) is 0 Å². The highest BCUT2D eigenvalue weighted by atomic mass is 16.6. The van der Waals surface area contributed by atoms with Crippen LogP contribution in [0, 0.1) is 24.0 Å². The molecule has 0 aromatic heterocycles. The normalized spacial score (nSPS) is 10.2. The summed E-state index contributed by atoms with van der Waals surface area (Å²) in [6.45, 7) is 3.76. The van der Waals surface area contributed by atoms with Gasteiger partial charge in [0.1, 0.15) is 0 Å². The van der Waals surface area contributed by atoms with Gasteiger partial charge in [-0.1, -0.05) is 18.2 Å². The van der Waals surface area contributed by atoms with Crippen molar-refractivity contribution in [3.63, 3.8) is 0 Å². The van der Waals surface area contributed by atoms with Gasteiger partial charge in [0, 0.05) is 12.1 Å². The molecule has 2 rings (SSSR count). The number of non-ortho nitro benzene ring substituents is 1. The Hall–Kier alpha value is -2.89. The summed E-state index contributed by atoms with van der Waals surface area (Å²) in [5.41, 5.74) is 8.43. The SMILES string of the molecule is Cc1cccc(C)c1N(C(N)=O)c1ccc([N+](=O)[O-])cc1. The molecule has 0 aliphatic heterocycles. The third-order valence-electron chi connectivity index (χ3n) is 3.20. The summed E-state index contributed by atoms with van der Waals surface area (Å²) in [6.07, 6.45) is 0. The van der Waals surface area contributed by atoms with E-state index >= 15 is 0 Å². The number of para-hydroxylation sites is 1. The van der Waals surface area contributed by atoms with Crippen LogP contribution in [0.2, 0.25) is 0 Å². The average Bonchev–Trinajstić information content (AvgIpc) is 2.42. The molecule has 108 valence electrons. The molecule has 0 spiro atoms. The summed E-state index contributed by atoms with van der Waals surface area (Å²) in [5.74, 6) is 0. The maximum Gasteiger partial charge on any atom is 0.323 e. The number of amides is 2. The number of urea groups is 1. The molecule has 0 heterocycles. The Morgan fingerprint density at radius 1 is 1.10 bits per heavy atom. The quantitative estimate of drug-likeness (QED) is 0.692. The van der Waals surface area contributed by atoms with E-state index < -0.39 is 11.0 Å². The highest BCUT2D eigenvalue weighted by Gasteiger charge is 2.19. The maximum atomic E-state index is 11.8. The lowest BCUT2D eigenvalue weighted by Crippen LogP contribution is -2.32. The van der Waals surface area contributed by atoms with Gasteiger partial charge in [0.25, 0.3) is 5.69 Å². The Bertz CT molecular complexity index is 676. The number of carbonyl (C=O) groups excluding carboxylic acids is 1. The van der Waals surface area contributed by atoms with Gasteiger partial charge in [0.05, 0.1) is 16.3 Å². The van der Waals surface area contributed by atoms with Crippen molar-refractivity contribution in [2.45, 2.75) is 13.8 Å². The van der Waals surface area contributed by atoms with Crippen molar-refractivity contribution in [1.29, 1.82) is 0 Å². The summed E-state index contributed by atoms with van der Waals surface area (Å²) in [7, 11) is 0. The molecule has 2 amide bonds. The molecule has 0 fully saturated rings. The minimum Gasteiger partial charge on any atom is -0.351 e. The number of nitro groups is 1. The third-order valence-corrected chi connectivity index (χ3v) is 3.20. The second kappa shape index (κ2) is 5.62. The molecule has 0 atom stereocenters. The van der Waals surface area contributed by atoms with Crippen molar-refractivity contribution in [1.82, 2.24) is 0 Å². The molecule has 2 aromatic rings. The van der Waals surface area contributed by atoms with E-state index in [1.165, 1.54) is 29.2 Å². The maximum absolute atomic E-state index is 11.8. The van der Waals surface area contributed by atoms with Crippen molar-refractivity contribution < 1.29 is 9.72 Å². The second-order valence-corrected chi connectivity index (χ2v) is 4.69. The first kappa shape index (κ1) is 14.5. The molecule has 0 unspecified atom stereocenters. The summed E-state index contributed by atoms with van der Waals surface area (Å²) >= 11 is 0. The molecule has 2 aromatic carbocycles. The lowest BCUT2D eigenvalue weighted by molar-refractivity contribution is -0.384. The Balaban J connectivity index is 2.54. The van der Waals surface area contributed by atoms with Crippen molar-refractivity contribution in [3.8, 4) is 0 Å². The molecule has 0 radical (unpaired) electrons. The molecule has 0 saturated heterocycles. The largest absolute Gasteiger partial charge is 0.351 e. The number of hydrogen-bond acceptors (Lipinski definition) is 3. The fourth-order valence-corrected chi connectivity index (χ4v) is 2.25. The standard InChI is InChI=1S/C15H15N3O3/c1-10-4-3-5-11(2)14(10)17(15(16)19)12-6-8-13(9-7-12)18(20)21/h3-9H,1-2H3,(H2,16,19). The molecule has 2 N–H and O–H groups in total. The summed E-state index contributed by atoms with van der Waals surface area (Å²) in [6, 6.07) is 10.7. The molecular formula is C15H15N3O3. The smallest absolute Gasteiger partial charge is 0.323 e. The fourth-order valence-electron chi connectivity index (χ4n) is 2.25. The Kier molecular flexibility index (Phi) is 3.89. The number of nitrogens with zero attached hydrogens (tertiary/aromatic N) is 2. The van der Waals surface area contributed by atoms with Crippen molar-refractivity contribution in [2.75, 3.05) is 4.90 Å². The van der Waals surface area contributed by atoms with Gasteiger partial charge in [-0.15, -0.1) is 0 Å². The van der Waals surface area contributed by atoms with Crippen LogP contribution in [0.5, 0.6) is 0 Å². The van der Waals surface area contributed by atoms with Gasteiger partial charge < -0.3 is 5.73 Å². The summed E-state index contributed by atoms with van der Waals surface area (Å²) in [4.78, 5) is 23.4.